The number of hydrogen-bond acceptors (Lipinski definition) is 5. The van der Waals surface area contributed by atoms with Gasteiger partial charge in [-0.25, -0.2) is 4.79 Å². The first-order chi connectivity index (χ1) is 12.7. The van der Waals surface area contributed by atoms with Gasteiger partial charge in [0.2, 0.25) is 0 Å². The molecule has 136 valence electrons. The minimum absolute atomic E-state index is 0.363. The third-order valence-corrected chi connectivity index (χ3v) is 5.15. The summed E-state index contributed by atoms with van der Waals surface area (Å²) in [5.41, 5.74) is 2.03. The quantitative estimate of drug-likeness (QED) is 0.426. The van der Waals surface area contributed by atoms with Crippen molar-refractivity contribution in [2.45, 2.75) is 24.7 Å². The van der Waals surface area contributed by atoms with Crippen molar-refractivity contribution in [3.8, 4) is 0 Å². The van der Waals surface area contributed by atoms with Crippen LogP contribution in [0.1, 0.15) is 30.1 Å². The van der Waals surface area contributed by atoms with E-state index in [-0.39, 0.29) is 0 Å². The Morgan fingerprint density at radius 2 is 1.92 bits per heavy atom. The highest BCUT2D eigenvalue weighted by Gasteiger charge is 2.14. The lowest BCUT2D eigenvalue weighted by Gasteiger charge is -2.19. The summed E-state index contributed by atoms with van der Waals surface area (Å²) in [6.45, 7) is 3.83. The fourth-order valence-corrected chi connectivity index (χ4v) is 3.75. The number of hydrogen-bond donors (Lipinski definition) is 1. The van der Waals surface area contributed by atoms with E-state index >= 15 is 0 Å². The average Bonchev–Trinajstić information content (AvgIpc) is 3.08. The molecular weight excluding hydrogens is 348 g/mol. The van der Waals surface area contributed by atoms with E-state index in [1.807, 2.05) is 36.4 Å². The number of carboxylic acids is 1. The predicted octanol–water partition coefficient (Wildman–Crippen LogP) is 4.92. The van der Waals surface area contributed by atoms with Gasteiger partial charge in [0.25, 0.3) is 6.01 Å². The van der Waals surface area contributed by atoms with E-state index in [9.17, 15) is 9.90 Å². The summed E-state index contributed by atoms with van der Waals surface area (Å²) in [6, 6.07) is 15.6. The highest BCUT2D eigenvalue weighted by Crippen LogP contribution is 2.25. The largest absolute Gasteiger partial charge is 0.478 e. The first kappa shape index (κ1) is 18.3. The number of carboxylic acid groups (broad SMARTS) is 1. The van der Waals surface area contributed by atoms with E-state index in [0.29, 0.717) is 11.6 Å². The van der Waals surface area contributed by atoms with E-state index in [0.717, 1.165) is 47.7 Å². The molecule has 2 aromatic carbocycles. The number of oxazole rings is 1. The molecule has 3 aromatic rings. The van der Waals surface area contributed by atoms with Crippen LogP contribution in [-0.2, 0) is 0 Å². The summed E-state index contributed by atoms with van der Waals surface area (Å²) in [7, 11) is 0. The van der Waals surface area contributed by atoms with Crippen LogP contribution in [0.2, 0.25) is 0 Å². The van der Waals surface area contributed by atoms with Gasteiger partial charge >= 0.3 is 5.97 Å². The van der Waals surface area contributed by atoms with Gasteiger partial charge in [0.15, 0.2) is 5.58 Å². The van der Waals surface area contributed by atoms with E-state index in [1.165, 1.54) is 0 Å². The van der Waals surface area contributed by atoms with E-state index in [2.05, 4.69) is 16.8 Å². The smallest absolute Gasteiger partial charge is 0.336 e. The number of aromatic nitrogens is 1. The van der Waals surface area contributed by atoms with Crippen molar-refractivity contribution in [2.24, 2.45) is 0 Å². The molecule has 0 saturated carbocycles. The van der Waals surface area contributed by atoms with Gasteiger partial charge in [-0.1, -0.05) is 31.2 Å². The molecule has 0 unspecified atom stereocenters. The Morgan fingerprint density at radius 1 is 1.15 bits per heavy atom. The van der Waals surface area contributed by atoms with E-state index in [1.54, 1.807) is 23.9 Å². The fraction of sp³-hybridized carbons (Fsp3) is 0.300. The van der Waals surface area contributed by atoms with Crippen molar-refractivity contribution in [3.63, 3.8) is 0 Å². The summed E-state index contributed by atoms with van der Waals surface area (Å²) >= 11 is 1.58. The lowest BCUT2D eigenvalue weighted by molar-refractivity contribution is 0.0693. The maximum absolute atomic E-state index is 11.3. The highest BCUT2D eigenvalue weighted by molar-refractivity contribution is 7.99. The molecule has 0 spiro atoms. The zero-order valence-corrected chi connectivity index (χ0v) is 15.5. The molecule has 0 amide bonds. The monoisotopic (exact) mass is 370 g/mol. The van der Waals surface area contributed by atoms with Crippen LogP contribution in [0.5, 0.6) is 0 Å². The summed E-state index contributed by atoms with van der Waals surface area (Å²) in [5, 5.41) is 9.26. The Hall–Kier alpha value is -2.47. The van der Waals surface area contributed by atoms with Crippen LogP contribution in [0.25, 0.3) is 11.1 Å². The normalized spacial score (nSPS) is 11.0. The maximum atomic E-state index is 11.3. The van der Waals surface area contributed by atoms with Gasteiger partial charge < -0.3 is 14.4 Å². The predicted molar refractivity (Wildman–Crippen MR) is 105 cm³/mol. The van der Waals surface area contributed by atoms with Crippen LogP contribution in [0.3, 0.4) is 0 Å². The van der Waals surface area contributed by atoms with Gasteiger partial charge in [-0.05, 0) is 42.9 Å². The second-order valence-corrected chi connectivity index (χ2v) is 7.09. The second-order valence-electron chi connectivity index (χ2n) is 5.95. The Morgan fingerprint density at radius 3 is 2.69 bits per heavy atom. The summed E-state index contributed by atoms with van der Waals surface area (Å²) in [4.78, 5) is 18.8. The number of benzene rings is 2. The number of fused-ring (bicyclic) bond motifs is 1. The molecule has 0 aliphatic rings. The van der Waals surface area contributed by atoms with Gasteiger partial charge in [-0.15, -0.1) is 11.8 Å². The first-order valence-corrected chi connectivity index (χ1v) is 9.73. The number of para-hydroxylation sites is 2. The van der Waals surface area contributed by atoms with E-state index < -0.39 is 5.97 Å². The molecule has 3 rings (SSSR count). The zero-order chi connectivity index (χ0) is 18.4. The van der Waals surface area contributed by atoms with Crippen LogP contribution in [-0.4, -0.2) is 34.9 Å². The maximum Gasteiger partial charge on any atom is 0.336 e. The molecular formula is C20H22N2O3S. The molecule has 0 aliphatic carbocycles. The molecule has 1 aromatic heterocycles. The van der Waals surface area contributed by atoms with Gasteiger partial charge in [0.1, 0.15) is 5.52 Å². The summed E-state index contributed by atoms with van der Waals surface area (Å²) < 4.78 is 5.88. The van der Waals surface area contributed by atoms with Crippen molar-refractivity contribution in [1.82, 2.24) is 4.98 Å². The van der Waals surface area contributed by atoms with E-state index in [4.69, 9.17) is 4.42 Å². The van der Waals surface area contributed by atoms with Crippen molar-refractivity contribution in [1.29, 1.82) is 0 Å². The van der Waals surface area contributed by atoms with Gasteiger partial charge in [0, 0.05) is 18.0 Å². The van der Waals surface area contributed by atoms with Gasteiger partial charge in [0.05, 0.1) is 5.56 Å². The number of nitrogens with zero attached hydrogens (tertiary/aromatic N) is 2. The lowest BCUT2D eigenvalue weighted by atomic mass is 10.2. The molecule has 6 heteroatoms. The molecule has 0 radical (unpaired) electrons. The number of carbonyl (C=O) groups is 1. The van der Waals surface area contributed by atoms with Crippen molar-refractivity contribution < 1.29 is 14.3 Å². The Bertz CT molecular complexity index is 845. The Kier molecular flexibility index (Phi) is 6.17. The number of thioether (sulfide) groups is 1. The molecule has 0 aliphatic heterocycles. The van der Waals surface area contributed by atoms with Crippen molar-refractivity contribution >= 4 is 34.8 Å². The summed E-state index contributed by atoms with van der Waals surface area (Å²) in [6.07, 6.45) is 1.92. The minimum atomic E-state index is -0.882. The zero-order valence-electron chi connectivity index (χ0n) is 14.7. The summed E-state index contributed by atoms with van der Waals surface area (Å²) in [5.74, 6) is -0.0442. The average molecular weight is 370 g/mol. The van der Waals surface area contributed by atoms with Crippen LogP contribution in [0.15, 0.2) is 57.8 Å². The molecule has 0 saturated heterocycles. The van der Waals surface area contributed by atoms with Crippen LogP contribution < -0.4 is 4.90 Å². The molecule has 0 fully saturated rings. The lowest BCUT2D eigenvalue weighted by Crippen LogP contribution is -2.26. The first-order valence-electron chi connectivity index (χ1n) is 8.74. The van der Waals surface area contributed by atoms with Crippen LogP contribution >= 0.6 is 11.8 Å². The molecule has 1 N–H and O–H groups in total. The standard InChI is InChI=1S/C20H22N2O3S/c1-2-12-22(20-21-16-9-4-5-10-17(16)25-20)13-7-14-26-18-11-6-3-8-15(18)19(23)24/h3-6,8-11H,2,7,12-14H2,1H3,(H,23,24). The molecule has 26 heavy (non-hydrogen) atoms. The number of anilines is 1. The van der Waals surface area contributed by atoms with Crippen LogP contribution in [0, 0.1) is 0 Å². The number of aromatic carboxylic acids is 1. The highest BCUT2D eigenvalue weighted by atomic mass is 32.2. The molecule has 5 nitrogen and oxygen atoms in total. The second kappa shape index (κ2) is 8.76. The van der Waals surface area contributed by atoms with Crippen molar-refractivity contribution in [3.05, 3.63) is 54.1 Å². The molecule has 0 bridgehead atoms. The van der Waals surface area contributed by atoms with Crippen LogP contribution in [0.4, 0.5) is 6.01 Å². The number of rotatable bonds is 9. The molecule has 1 heterocycles. The third-order valence-electron chi connectivity index (χ3n) is 3.99. The molecule has 0 atom stereocenters. The SMILES string of the molecule is CCCN(CCCSc1ccccc1C(=O)O)c1nc2ccccc2o1. The van der Waals surface area contributed by atoms with Gasteiger partial charge in [-0.3, -0.25) is 0 Å². The third kappa shape index (κ3) is 4.38. The minimum Gasteiger partial charge on any atom is -0.478 e. The Labute approximate surface area is 157 Å². The van der Waals surface area contributed by atoms with Gasteiger partial charge in [-0.2, -0.15) is 4.98 Å². The fourth-order valence-electron chi connectivity index (χ4n) is 2.78. The topological polar surface area (TPSA) is 66.6 Å². The Balaban J connectivity index is 1.60. The van der Waals surface area contributed by atoms with Crippen molar-refractivity contribution in [2.75, 3.05) is 23.7 Å².